The van der Waals surface area contributed by atoms with Crippen molar-refractivity contribution >= 4 is 11.9 Å². The van der Waals surface area contributed by atoms with Gasteiger partial charge in [0.25, 0.3) is 11.8 Å². The standard InChI is InChI=1S/C18H14N8O4/c1-18(11-4-2-5-12(8-11)26-10-19-23-24-26)16(27)25(17(28)20-18)9-14-21-22-15(30-14)13-6-3-7-29-13/h2-8,10H,9H2,1H3,(H,20,28). The summed E-state index contributed by atoms with van der Waals surface area (Å²) < 4.78 is 12.2. The highest BCUT2D eigenvalue weighted by atomic mass is 16.4. The molecule has 12 heteroatoms. The quantitative estimate of drug-likeness (QED) is 0.484. The summed E-state index contributed by atoms with van der Waals surface area (Å²) in [6.07, 6.45) is 2.92. The predicted octanol–water partition coefficient (Wildman–Crippen LogP) is 1.27. The van der Waals surface area contributed by atoms with E-state index >= 15 is 0 Å². The van der Waals surface area contributed by atoms with Crippen LogP contribution >= 0.6 is 0 Å². The number of urea groups is 1. The third-order valence-electron chi connectivity index (χ3n) is 4.80. The Bertz CT molecular complexity index is 1220. The minimum Gasteiger partial charge on any atom is -0.459 e. The lowest BCUT2D eigenvalue weighted by atomic mass is 9.91. The largest absolute Gasteiger partial charge is 0.459 e. The zero-order valence-corrected chi connectivity index (χ0v) is 15.6. The number of carbonyl (C=O) groups excluding carboxylic acids is 2. The Labute approximate surface area is 168 Å². The summed E-state index contributed by atoms with van der Waals surface area (Å²) in [5, 5.41) is 21.6. The van der Waals surface area contributed by atoms with Crippen LogP contribution in [0.5, 0.6) is 0 Å². The molecular weight excluding hydrogens is 392 g/mol. The molecule has 1 aromatic carbocycles. The van der Waals surface area contributed by atoms with Crippen LogP contribution in [-0.2, 0) is 16.9 Å². The van der Waals surface area contributed by atoms with Crippen molar-refractivity contribution in [2.24, 2.45) is 0 Å². The Balaban J connectivity index is 1.41. The second-order valence-electron chi connectivity index (χ2n) is 6.73. The van der Waals surface area contributed by atoms with Crippen LogP contribution in [0.3, 0.4) is 0 Å². The van der Waals surface area contributed by atoms with Gasteiger partial charge in [-0.25, -0.2) is 9.48 Å². The number of nitrogens with one attached hydrogen (secondary N) is 1. The molecule has 1 N–H and O–H groups in total. The molecule has 4 aromatic rings. The van der Waals surface area contributed by atoms with E-state index in [1.807, 2.05) is 0 Å². The van der Waals surface area contributed by atoms with Crippen LogP contribution in [0, 0.1) is 0 Å². The maximum absolute atomic E-state index is 13.2. The van der Waals surface area contributed by atoms with Gasteiger partial charge in [-0.1, -0.05) is 12.1 Å². The van der Waals surface area contributed by atoms with Crippen LogP contribution in [0.1, 0.15) is 18.4 Å². The van der Waals surface area contributed by atoms with Gasteiger partial charge in [-0.2, -0.15) is 0 Å². The lowest BCUT2D eigenvalue weighted by Gasteiger charge is -2.22. The summed E-state index contributed by atoms with van der Waals surface area (Å²) in [5.41, 5.74) is -0.0392. The number of hydrogen-bond acceptors (Lipinski definition) is 9. The number of rotatable bonds is 5. The van der Waals surface area contributed by atoms with Gasteiger partial charge in [0.15, 0.2) is 5.76 Å². The molecule has 12 nitrogen and oxygen atoms in total. The van der Waals surface area contributed by atoms with Crippen molar-refractivity contribution in [3.8, 4) is 17.3 Å². The van der Waals surface area contributed by atoms with Crippen molar-refractivity contribution in [2.75, 3.05) is 0 Å². The Kier molecular flexibility index (Phi) is 3.91. The number of furan rings is 1. The third-order valence-corrected chi connectivity index (χ3v) is 4.80. The van der Waals surface area contributed by atoms with E-state index in [4.69, 9.17) is 8.83 Å². The average Bonchev–Trinajstić information content (AvgIpc) is 3.54. The number of tetrazole rings is 1. The lowest BCUT2D eigenvalue weighted by molar-refractivity contribution is -0.131. The summed E-state index contributed by atoms with van der Waals surface area (Å²) in [6, 6.07) is 9.82. The predicted molar refractivity (Wildman–Crippen MR) is 97.6 cm³/mol. The Morgan fingerprint density at radius 1 is 1.17 bits per heavy atom. The molecule has 0 spiro atoms. The Morgan fingerprint density at radius 3 is 2.83 bits per heavy atom. The molecule has 3 aromatic heterocycles. The summed E-state index contributed by atoms with van der Waals surface area (Å²) >= 11 is 0. The van der Waals surface area contributed by atoms with Crippen LogP contribution in [0.4, 0.5) is 4.79 Å². The summed E-state index contributed by atoms with van der Waals surface area (Å²) in [7, 11) is 0. The molecule has 0 bridgehead atoms. The Hall–Kier alpha value is -4.35. The second-order valence-corrected chi connectivity index (χ2v) is 6.73. The number of carbonyl (C=O) groups is 2. The number of aromatic nitrogens is 6. The van der Waals surface area contributed by atoms with Gasteiger partial charge in [0.05, 0.1) is 12.0 Å². The highest BCUT2D eigenvalue weighted by Crippen LogP contribution is 2.31. The summed E-state index contributed by atoms with van der Waals surface area (Å²) in [5.74, 6) is 0.227. The van der Waals surface area contributed by atoms with Gasteiger partial charge in [0.2, 0.25) is 5.89 Å². The van der Waals surface area contributed by atoms with Gasteiger partial charge >= 0.3 is 6.03 Å². The molecule has 0 saturated carbocycles. The highest BCUT2D eigenvalue weighted by molar-refractivity contribution is 6.07. The second kappa shape index (κ2) is 6.62. The highest BCUT2D eigenvalue weighted by Gasteiger charge is 2.49. The van der Waals surface area contributed by atoms with Crippen LogP contribution in [-0.4, -0.2) is 47.2 Å². The van der Waals surface area contributed by atoms with E-state index in [0.29, 0.717) is 17.0 Å². The molecule has 0 aliphatic carbocycles. The van der Waals surface area contributed by atoms with Crippen LogP contribution in [0.2, 0.25) is 0 Å². The van der Waals surface area contributed by atoms with Crippen molar-refractivity contribution < 1.29 is 18.4 Å². The topological polar surface area (TPSA) is 145 Å². The monoisotopic (exact) mass is 406 g/mol. The SMILES string of the molecule is CC1(c2cccc(-n3cnnn3)c2)NC(=O)N(Cc2nnc(-c3ccco3)o2)C1=O. The van der Waals surface area contributed by atoms with E-state index in [9.17, 15) is 9.59 Å². The first kappa shape index (κ1) is 17.7. The normalized spacial score (nSPS) is 18.8. The molecule has 4 heterocycles. The molecule has 0 radical (unpaired) electrons. The first-order valence-electron chi connectivity index (χ1n) is 8.89. The van der Waals surface area contributed by atoms with E-state index in [1.54, 1.807) is 43.3 Å². The van der Waals surface area contributed by atoms with E-state index < -0.39 is 17.5 Å². The summed E-state index contributed by atoms with van der Waals surface area (Å²) in [4.78, 5) is 26.8. The van der Waals surface area contributed by atoms with Gasteiger partial charge < -0.3 is 14.2 Å². The van der Waals surface area contributed by atoms with Gasteiger partial charge in [-0.05, 0) is 47.2 Å². The third kappa shape index (κ3) is 2.82. The fourth-order valence-corrected chi connectivity index (χ4v) is 3.23. The van der Waals surface area contributed by atoms with E-state index in [0.717, 1.165) is 4.90 Å². The van der Waals surface area contributed by atoms with Crippen LogP contribution < -0.4 is 5.32 Å². The molecule has 3 amide bonds. The number of benzene rings is 1. The van der Waals surface area contributed by atoms with Crippen molar-refractivity contribution in [2.45, 2.75) is 19.0 Å². The molecule has 150 valence electrons. The van der Waals surface area contributed by atoms with Crippen LogP contribution in [0.25, 0.3) is 17.3 Å². The summed E-state index contributed by atoms with van der Waals surface area (Å²) in [6.45, 7) is 1.47. The van der Waals surface area contributed by atoms with Gasteiger partial charge in [0, 0.05) is 0 Å². The van der Waals surface area contributed by atoms with Gasteiger partial charge in [-0.3, -0.25) is 9.69 Å². The maximum Gasteiger partial charge on any atom is 0.325 e. The van der Waals surface area contributed by atoms with Gasteiger partial charge in [-0.15, -0.1) is 15.3 Å². The molecule has 30 heavy (non-hydrogen) atoms. The first-order valence-corrected chi connectivity index (χ1v) is 8.89. The van der Waals surface area contributed by atoms with Crippen molar-refractivity contribution in [1.29, 1.82) is 0 Å². The number of amides is 3. The zero-order valence-electron chi connectivity index (χ0n) is 15.6. The smallest absolute Gasteiger partial charge is 0.325 e. The minimum absolute atomic E-state index is 0.108. The van der Waals surface area contributed by atoms with Crippen LogP contribution in [0.15, 0.2) is 57.8 Å². The lowest BCUT2D eigenvalue weighted by Crippen LogP contribution is -2.40. The molecule has 5 rings (SSSR count). The number of imide groups is 1. The molecule has 1 fully saturated rings. The average molecular weight is 406 g/mol. The molecule has 1 aliphatic heterocycles. The minimum atomic E-state index is -1.27. The van der Waals surface area contributed by atoms with E-state index in [2.05, 4.69) is 31.0 Å². The fraction of sp³-hybridized carbons (Fsp3) is 0.167. The first-order chi connectivity index (χ1) is 14.5. The van der Waals surface area contributed by atoms with Crippen molar-refractivity contribution in [3.05, 3.63) is 60.4 Å². The fourth-order valence-electron chi connectivity index (χ4n) is 3.23. The number of nitrogens with zero attached hydrogens (tertiary/aromatic N) is 7. The van der Waals surface area contributed by atoms with Gasteiger partial charge in [0.1, 0.15) is 18.4 Å². The van der Waals surface area contributed by atoms with E-state index in [1.165, 1.54) is 17.3 Å². The van der Waals surface area contributed by atoms with E-state index in [-0.39, 0.29) is 18.3 Å². The maximum atomic E-state index is 13.2. The van der Waals surface area contributed by atoms with Crippen molar-refractivity contribution in [1.82, 2.24) is 40.6 Å². The number of hydrogen-bond donors (Lipinski definition) is 1. The molecule has 1 unspecified atom stereocenters. The molecule has 1 saturated heterocycles. The van der Waals surface area contributed by atoms with Crippen molar-refractivity contribution in [3.63, 3.8) is 0 Å². The molecule has 1 atom stereocenters. The molecular formula is C18H14N8O4. The zero-order chi connectivity index (χ0) is 20.7. The molecule has 1 aliphatic rings. The Morgan fingerprint density at radius 2 is 2.07 bits per heavy atom.